The van der Waals surface area contributed by atoms with E-state index in [1.807, 2.05) is 0 Å². The van der Waals surface area contributed by atoms with Crippen LogP contribution in [0.2, 0.25) is 0 Å². The average molecular weight is 435 g/mol. The highest BCUT2D eigenvalue weighted by Crippen LogP contribution is 2.38. The summed E-state index contributed by atoms with van der Waals surface area (Å²) in [6, 6.07) is 3.24. The Morgan fingerprint density at radius 3 is 2.65 bits per heavy atom. The number of amides is 1. The molecular formula is C22H27F2N3O4. The fourth-order valence-corrected chi connectivity index (χ4v) is 4.39. The minimum absolute atomic E-state index is 0.143. The second-order valence-corrected chi connectivity index (χ2v) is 8.29. The highest BCUT2D eigenvalue weighted by Gasteiger charge is 2.41. The number of likely N-dealkylation sites (tertiary alicyclic amines) is 1. The lowest BCUT2D eigenvalue weighted by molar-refractivity contribution is 0.0615. The van der Waals surface area contributed by atoms with Gasteiger partial charge in [0.1, 0.15) is 0 Å². The summed E-state index contributed by atoms with van der Waals surface area (Å²) in [5, 5.41) is 4.31. The number of carbonyl (C=O) groups excluding carboxylic acids is 1. The molecule has 4 rings (SSSR count). The molecule has 7 nitrogen and oxygen atoms in total. The number of nitrogens with zero attached hydrogens (tertiary/aromatic N) is 3. The van der Waals surface area contributed by atoms with Gasteiger partial charge < -0.3 is 18.9 Å². The molecule has 0 unspecified atom stereocenters. The first kappa shape index (κ1) is 21.8. The van der Waals surface area contributed by atoms with Gasteiger partial charge in [0.2, 0.25) is 5.89 Å². The summed E-state index contributed by atoms with van der Waals surface area (Å²) < 4.78 is 43.1. The molecule has 9 heteroatoms. The largest absolute Gasteiger partial charge is 0.385 e. The molecule has 0 saturated carbocycles. The SMILES string of the molecule is COCCC1(c2noc(C3CCOCC3)n2)CCN(C(=O)c2ccc(F)c(F)c2)CC1. The zero-order chi connectivity index (χ0) is 21.8. The van der Waals surface area contributed by atoms with Crippen LogP contribution in [0.25, 0.3) is 0 Å². The molecule has 2 fully saturated rings. The van der Waals surface area contributed by atoms with Crippen molar-refractivity contribution in [3.8, 4) is 0 Å². The van der Waals surface area contributed by atoms with Crippen LogP contribution >= 0.6 is 0 Å². The quantitative estimate of drug-likeness (QED) is 0.692. The molecule has 1 amide bonds. The highest BCUT2D eigenvalue weighted by atomic mass is 19.2. The standard InChI is InChI=1S/C22H27F2N3O4/c1-29-13-8-22(21-25-19(31-26-21)15-4-11-30-12-5-15)6-9-27(10-7-22)20(28)16-2-3-17(23)18(24)14-16/h2-3,14-15H,4-13H2,1H3. The number of methoxy groups -OCH3 is 1. The number of halogens is 2. The van der Waals surface area contributed by atoms with Crippen LogP contribution in [0.3, 0.4) is 0 Å². The Bertz CT molecular complexity index is 906. The minimum Gasteiger partial charge on any atom is -0.385 e. The fraction of sp³-hybridized carbons (Fsp3) is 0.591. The molecule has 3 heterocycles. The Morgan fingerprint density at radius 1 is 1.23 bits per heavy atom. The number of rotatable bonds is 6. The van der Waals surface area contributed by atoms with Crippen molar-refractivity contribution >= 4 is 5.91 Å². The van der Waals surface area contributed by atoms with E-state index < -0.39 is 11.6 Å². The van der Waals surface area contributed by atoms with Crippen molar-refractivity contribution in [2.75, 3.05) is 40.0 Å². The number of carbonyl (C=O) groups is 1. The van der Waals surface area contributed by atoms with Gasteiger partial charge in [0, 0.05) is 56.9 Å². The molecule has 0 aliphatic carbocycles. The lowest BCUT2D eigenvalue weighted by atomic mass is 9.75. The Hall–Kier alpha value is -2.39. The van der Waals surface area contributed by atoms with Crippen LogP contribution in [0.15, 0.2) is 22.7 Å². The third-order valence-corrected chi connectivity index (χ3v) is 6.45. The van der Waals surface area contributed by atoms with Crippen LogP contribution in [0.5, 0.6) is 0 Å². The Labute approximate surface area is 179 Å². The third-order valence-electron chi connectivity index (χ3n) is 6.45. The molecule has 2 aromatic rings. The van der Waals surface area contributed by atoms with Crippen molar-refractivity contribution in [1.29, 1.82) is 0 Å². The normalized spacial score (nSPS) is 19.5. The van der Waals surface area contributed by atoms with Gasteiger partial charge >= 0.3 is 0 Å². The van der Waals surface area contributed by atoms with Gasteiger partial charge in [-0.2, -0.15) is 4.98 Å². The van der Waals surface area contributed by atoms with Gasteiger partial charge in [-0.1, -0.05) is 5.16 Å². The number of hydrogen-bond donors (Lipinski definition) is 0. The summed E-state index contributed by atoms with van der Waals surface area (Å²) in [7, 11) is 1.65. The molecule has 1 aromatic carbocycles. The van der Waals surface area contributed by atoms with E-state index >= 15 is 0 Å². The van der Waals surface area contributed by atoms with Crippen LogP contribution in [0.1, 0.15) is 60.1 Å². The van der Waals surface area contributed by atoms with Crippen molar-refractivity contribution in [1.82, 2.24) is 15.0 Å². The van der Waals surface area contributed by atoms with Gasteiger partial charge in [-0.25, -0.2) is 8.78 Å². The topological polar surface area (TPSA) is 77.7 Å². The van der Waals surface area contributed by atoms with Gasteiger partial charge in [0.25, 0.3) is 5.91 Å². The predicted molar refractivity (Wildman–Crippen MR) is 107 cm³/mol. The Kier molecular flexibility index (Phi) is 6.62. The first-order valence-electron chi connectivity index (χ1n) is 10.7. The minimum atomic E-state index is -1.02. The number of benzene rings is 1. The van der Waals surface area contributed by atoms with Gasteiger partial charge in [0.15, 0.2) is 17.5 Å². The van der Waals surface area contributed by atoms with Crippen LogP contribution in [-0.2, 0) is 14.9 Å². The zero-order valence-electron chi connectivity index (χ0n) is 17.6. The van der Waals surface area contributed by atoms with Crippen LogP contribution < -0.4 is 0 Å². The van der Waals surface area contributed by atoms with Crippen LogP contribution in [0.4, 0.5) is 8.78 Å². The van der Waals surface area contributed by atoms with Crippen LogP contribution in [-0.4, -0.2) is 61.0 Å². The maximum Gasteiger partial charge on any atom is 0.253 e. The van der Waals surface area contributed by atoms with E-state index in [0.717, 1.165) is 25.0 Å². The summed E-state index contributed by atoms with van der Waals surface area (Å²) in [6.45, 7) is 2.85. The maximum atomic E-state index is 13.6. The van der Waals surface area contributed by atoms with E-state index in [4.69, 9.17) is 19.0 Å². The number of aromatic nitrogens is 2. The fourth-order valence-electron chi connectivity index (χ4n) is 4.39. The summed E-state index contributed by atoms with van der Waals surface area (Å²) in [5.41, 5.74) is -0.210. The Balaban J connectivity index is 1.48. The lowest BCUT2D eigenvalue weighted by Gasteiger charge is -2.39. The molecule has 168 valence electrons. The summed E-state index contributed by atoms with van der Waals surface area (Å²) in [4.78, 5) is 19.2. The smallest absolute Gasteiger partial charge is 0.253 e. The molecule has 0 atom stereocenters. The molecule has 2 saturated heterocycles. The van der Waals surface area contributed by atoms with Crippen molar-refractivity contribution in [3.05, 3.63) is 47.1 Å². The average Bonchev–Trinajstić information content (AvgIpc) is 3.31. The maximum absolute atomic E-state index is 13.6. The van der Waals surface area contributed by atoms with E-state index in [-0.39, 0.29) is 22.8 Å². The van der Waals surface area contributed by atoms with Crippen molar-refractivity contribution in [2.24, 2.45) is 0 Å². The van der Waals surface area contributed by atoms with Crippen molar-refractivity contribution < 1.29 is 27.6 Å². The summed E-state index contributed by atoms with van der Waals surface area (Å²) >= 11 is 0. The number of ether oxygens (including phenoxy) is 2. The molecule has 0 radical (unpaired) electrons. The van der Waals surface area contributed by atoms with Gasteiger partial charge in [0.05, 0.1) is 0 Å². The second-order valence-electron chi connectivity index (χ2n) is 8.29. The molecule has 0 bridgehead atoms. The summed E-state index contributed by atoms with van der Waals surface area (Å²) in [5.74, 6) is -0.780. The van der Waals surface area contributed by atoms with Gasteiger partial charge in [-0.3, -0.25) is 4.79 Å². The molecular weight excluding hydrogens is 408 g/mol. The highest BCUT2D eigenvalue weighted by molar-refractivity contribution is 5.94. The van der Waals surface area contributed by atoms with Gasteiger partial charge in [-0.15, -0.1) is 0 Å². The van der Waals surface area contributed by atoms with E-state index in [9.17, 15) is 13.6 Å². The molecule has 31 heavy (non-hydrogen) atoms. The predicted octanol–water partition coefficient (Wildman–Crippen LogP) is 3.45. The van der Waals surface area contributed by atoms with E-state index in [0.29, 0.717) is 63.9 Å². The van der Waals surface area contributed by atoms with E-state index in [1.165, 1.54) is 6.07 Å². The van der Waals surface area contributed by atoms with E-state index in [2.05, 4.69) is 5.16 Å². The number of hydrogen-bond acceptors (Lipinski definition) is 6. The van der Waals surface area contributed by atoms with Crippen molar-refractivity contribution in [3.63, 3.8) is 0 Å². The molecule has 0 N–H and O–H groups in total. The second kappa shape index (κ2) is 9.40. The van der Waals surface area contributed by atoms with Crippen molar-refractivity contribution in [2.45, 2.75) is 43.4 Å². The molecule has 2 aliphatic heterocycles. The molecule has 1 aromatic heterocycles. The number of piperidine rings is 1. The van der Waals surface area contributed by atoms with Gasteiger partial charge in [-0.05, 0) is 50.3 Å². The monoisotopic (exact) mass is 435 g/mol. The van der Waals surface area contributed by atoms with Crippen LogP contribution in [0, 0.1) is 11.6 Å². The third kappa shape index (κ3) is 4.62. The summed E-state index contributed by atoms with van der Waals surface area (Å²) in [6.07, 6.45) is 3.72. The molecule has 0 spiro atoms. The van der Waals surface area contributed by atoms with E-state index in [1.54, 1.807) is 12.0 Å². The lowest BCUT2D eigenvalue weighted by Crippen LogP contribution is -2.46. The first-order valence-corrected chi connectivity index (χ1v) is 10.7. The molecule has 2 aliphatic rings. The zero-order valence-corrected chi connectivity index (χ0v) is 17.6. The first-order chi connectivity index (χ1) is 15.0. The Morgan fingerprint density at radius 2 is 1.97 bits per heavy atom.